The number of fused-ring (bicyclic) bond motifs is 1. The third-order valence-electron chi connectivity index (χ3n) is 3.59. The molecule has 2 aromatic rings. The number of hydrogen-bond acceptors (Lipinski definition) is 4. The summed E-state index contributed by atoms with van der Waals surface area (Å²) in [6, 6.07) is 10.1. The summed E-state index contributed by atoms with van der Waals surface area (Å²) in [5.41, 5.74) is 1.78. The van der Waals surface area contributed by atoms with Crippen molar-refractivity contribution in [2.45, 2.75) is 6.92 Å². The molecule has 0 spiro atoms. The average molecular weight is 347 g/mol. The first kappa shape index (κ1) is 16.1. The Labute approximate surface area is 143 Å². The van der Waals surface area contributed by atoms with Gasteiger partial charge in [-0.25, -0.2) is 0 Å². The monoisotopic (exact) mass is 346 g/mol. The van der Waals surface area contributed by atoms with E-state index in [1.54, 1.807) is 36.4 Å². The highest BCUT2D eigenvalue weighted by atomic mass is 35.5. The zero-order chi connectivity index (χ0) is 17.1. The fourth-order valence-electron chi connectivity index (χ4n) is 2.24. The lowest BCUT2D eigenvalue weighted by Crippen LogP contribution is -2.33. The summed E-state index contributed by atoms with van der Waals surface area (Å²) in [7, 11) is 0. The summed E-state index contributed by atoms with van der Waals surface area (Å²) in [6.07, 6.45) is 0. The highest BCUT2D eigenvalue weighted by Gasteiger charge is 2.16. The molecule has 2 aromatic carbocycles. The predicted octanol–water partition coefficient (Wildman–Crippen LogP) is 2.75. The van der Waals surface area contributed by atoms with Crippen molar-refractivity contribution in [3.8, 4) is 11.5 Å². The summed E-state index contributed by atoms with van der Waals surface area (Å²) in [6.45, 7) is 1.80. The Hall–Kier alpha value is -2.73. The van der Waals surface area contributed by atoms with E-state index in [9.17, 15) is 9.59 Å². The van der Waals surface area contributed by atoms with Crippen LogP contribution in [0.2, 0.25) is 5.02 Å². The van der Waals surface area contributed by atoms with Crippen LogP contribution in [0.5, 0.6) is 11.5 Å². The number of amides is 2. The molecule has 0 bridgehead atoms. The van der Waals surface area contributed by atoms with Crippen molar-refractivity contribution in [2.75, 3.05) is 18.7 Å². The number of hydrogen-bond donors (Lipinski definition) is 2. The highest BCUT2D eigenvalue weighted by Crippen LogP contribution is 2.32. The van der Waals surface area contributed by atoms with Crippen LogP contribution in [0.4, 0.5) is 5.69 Å². The second kappa shape index (κ2) is 6.80. The molecule has 0 unspecified atom stereocenters. The van der Waals surface area contributed by atoms with Gasteiger partial charge >= 0.3 is 0 Å². The molecule has 0 atom stereocenters. The molecular weight excluding hydrogens is 332 g/mol. The Bertz CT molecular complexity index is 807. The van der Waals surface area contributed by atoms with E-state index in [0.29, 0.717) is 27.8 Å². The van der Waals surface area contributed by atoms with Gasteiger partial charge < -0.3 is 20.1 Å². The Kier molecular flexibility index (Phi) is 4.57. The molecule has 0 radical (unpaired) electrons. The molecule has 0 saturated heterocycles. The largest absolute Gasteiger partial charge is 0.454 e. The molecule has 1 aliphatic rings. The first-order chi connectivity index (χ1) is 11.5. The van der Waals surface area contributed by atoms with Crippen molar-refractivity contribution in [3.05, 3.63) is 52.5 Å². The number of carbonyl (C=O) groups is 2. The normalized spacial score (nSPS) is 11.9. The van der Waals surface area contributed by atoms with Crippen LogP contribution in [0, 0.1) is 6.92 Å². The number of benzene rings is 2. The summed E-state index contributed by atoms with van der Waals surface area (Å²) < 4.78 is 10.4. The molecule has 1 heterocycles. The maximum absolute atomic E-state index is 12.1. The average Bonchev–Trinajstić information content (AvgIpc) is 3.04. The second-order valence-corrected chi connectivity index (χ2v) is 5.62. The summed E-state index contributed by atoms with van der Waals surface area (Å²) in [5.74, 6) is 0.406. The first-order valence-corrected chi connectivity index (χ1v) is 7.65. The van der Waals surface area contributed by atoms with E-state index in [-0.39, 0.29) is 25.2 Å². The van der Waals surface area contributed by atoms with E-state index >= 15 is 0 Å². The van der Waals surface area contributed by atoms with E-state index in [0.717, 1.165) is 5.56 Å². The molecule has 7 heteroatoms. The lowest BCUT2D eigenvalue weighted by Gasteiger charge is -2.10. The van der Waals surface area contributed by atoms with Gasteiger partial charge in [-0.05, 0) is 42.8 Å². The van der Waals surface area contributed by atoms with Gasteiger partial charge in [0.25, 0.3) is 5.91 Å². The summed E-state index contributed by atoms with van der Waals surface area (Å²) >= 11 is 6.01. The Morgan fingerprint density at radius 2 is 1.96 bits per heavy atom. The van der Waals surface area contributed by atoms with Crippen LogP contribution < -0.4 is 20.1 Å². The molecular formula is C17H15ClN2O4. The van der Waals surface area contributed by atoms with Gasteiger partial charge in [0.2, 0.25) is 12.7 Å². The van der Waals surface area contributed by atoms with E-state index in [4.69, 9.17) is 21.1 Å². The molecule has 3 rings (SSSR count). The van der Waals surface area contributed by atoms with Crippen LogP contribution >= 0.6 is 11.6 Å². The van der Waals surface area contributed by atoms with Gasteiger partial charge in [-0.2, -0.15) is 0 Å². The number of rotatable bonds is 4. The van der Waals surface area contributed by atoms with Gasteiger partial charge in [0, 0.05) is 16.3 Å². The Morgan fingerprint density at radius 1 is 1.17 bits per heavy atom. The van der Waals surface area contributed by atoms with Gasteiger partial charge in [-0.3, -0.25) is 9.59 Å². The number of anilines is 1. The number of carbonyl (C=O) groups excluding carboxylic acids is 2. The van der Waals surface area contributed by atoms with E-state index < -0.39 is 0 Å². The topological polar surface area (TPSA) is 76.7 Å². The van der Waals surface area contributed by atoms with Crippen LogP contribution in [-0.4, -0.2) is 25.2 Å². The van der Waals surface area contributed by atoms with Crippen molar-refractivity contribution in [1.82, 2.24) is 5.32 Å². The fourth-order valence-corrected chi connectivity index (χ4v) is 2.41. The minimum atomic E-state index is -0.369. The zero-order valence-electron chi connectivity index (χ0n) is 12.9. The number of nitrogens with one attached hydrogen (secondary N) is 2. The molecule has 24 heavy (non-hydrogen) atoms. The third kappa shape index (κ3) is 3.44. The van der Waals surface area contributed by atoms with Gasteiger partial charge in [-0.15, -0.1) is 0 Å². The molecule has 6 nitrogen and oxygen atoms in total. The summed E-state index contributed by atoms with van der Waals surface area (Å²) in [4.78, 5) is 24.1. The molecule has 124 valence electrons. The zero-order valence-corrected chi connectivity index (χ0v) is 13.6. The van der Waals surface area contributed by atoms with E-state index in [1.165, 1.54) is 0 Å². The predicted molar refractivity (Wildman–Crippen MR) is 89.7 cm³/mol. The quantitative estimate of drug-likeness (QED) is 0.892. The molecule has 0 aromatic heterocycles. The Morgan fingerprint density at radius 3 is 2.79 bits per heavy atom. The van der Waals surface area contributed by atoms with Crippen molar-refractivity contribution in [1.29, 1.82) is 0 Å². The van der Waals surface area contributed by atoms with Gasteiger partial charge in [-0.1, -0.05) is 17.7 Å². The standard InChI is InChI=1S/C17H15ClN2O4/c1-10-12(18)3-2-4-13(10)20-16(21)8-19-17(22)11-5-6-14-15(7-11)24-9-23-14/h2-7H,8-9H2,1H3,(H,19,22)(H,20,21). The van der Waals surface area contributed by atoms with Crippen molar-refractivity contribution in [3.63, 3.8) is 0 Å². The SMILES string of the molecule is Cc1c(Cl)cccc1NC(=O)CNC(=O)c1ccc2c(c1)OCO2. The van der Waals surface area contributed by atoms with Crippen LogP contribution in [0.15, 0.2) is 36.4 Å². The van der Waals surface area contributed by atoms with Crippen molar-refractivity contribution in [2.24, 2.45) is 0 Å². The van der Waals surface area contributed by atoms with Gasteiger partial charge in [0.05, 0.1) is 6.54 Å². The highest BCUT2D eigenvalue weighted by molar-refractivity contribution is 6.31. The van der Waals surface area contributed by atoms with Crippen LogP contribution in [0.3, 0.4) is 0 Å². The fraction of sp³-hybridized carbons (Fsp3) is 0.176. The molecule has 1 aliphatic heterocycles. The van der Waals surface area contributed by atoms with Crippen molar-refractivity contribution < 1.29 is 19.1 Å². The maximum atomic E-state index is 12.1. The summed E-state index contributed by atoms with van der Waals surface area (Å²) in [5, 5.41) is 5.85. The number of halogens is 1. The lowest BCUT2D eigenvalue weighted by atomic mass is 10.2. The molecule has 2 N–H and O–H groups in total. The van der Waals surface area contributed by atoms with Gasteiger partial charge in [0.15, 0.2) is 11.5 Å². The van der Waals surface area contributed by atoms with Crippen LogP contribution in [0.25, 0.3) is 0 Å². The number of ether oxygens (including phenoxy) is 2. The van der Waals surface area contributed by atoms with Crippen molar-refractivity contribution >= 4 is 29.1 Å². The molecule has 0 fully saturated rings. The maximum Gasteiger partial charge on any atom is 0.251 e. The van der Waals surface area contributed by atoms with Crippen LogP contribution in [-0.2, 0) is 4.79 Å². The lowest BCUT2D eigenvalue weighted by molar-refractivity contribution is -0.115. The smallest absolute Gasteiger partial charge is 0.251 e. The molecule has 0 saturated carbocycles. The second-order valence-electron chi connectivity index (χ2n) is 5.21. The minimum absolute atomic E-state index is 0.141. The third-order valence-corrected chi connectivity index (χ3v) is 4.00. The van der Waals surface area contributed by atoms with E-state index in [1.807, 2.05) is 6.92 Å². The van der Waals surface area contributed by atoms with Crippen LogP contribution in [0.1, 0.15) is 15.9 Å². The first-order valence-electron chi connectivity index (χ1n) is 7.27. The van der Waals surface area contributed by atoms with Gasteiger partial charge in [0.1, 0.15) is 0 Å². The molecule has 0 aliphatic carbocycles. The molecule has 2 amide bonds. The minimum Gasteiger partial charge on any atom is -0.454 e. The Balaban J connectivity index is 1.58. The van der Waals surface area contributed by atoms with E-state index in [2.05, 4.69) is 10.6 Å².